The van der Waals surface area contributed by atoms with Crippen LogP contribution < -0.4 is 5.32 Å². The summed E-state index contributed by atoms with van der Waals surface area (Å²) in [5, 5.41) is 13.9. The molecule has 7 nitrogen and oxygen atoms in total. The summed E-state index contributed by atoms with van der Waals surface area (Å²) < 4.78 is 11.4. The number of carbonyl (C=O) groups excluding carboxylic acids is 2. The molecule has 2 aliphatic heterocycles. The van der Waals surface area contributed by atoms with Gasteiger partial charge in [-0.2, -0.15) is 0 Å². The molecule has 0 saturated carbocycles. The Labute approximate surface area is 187 Å². The zero-order valence-electron chi connectivity index (χ0n) is 17.9. The number of aliphatic hydroxyl groups excluding tert-OH is 1. The molecule has 168 valence electrons. The molecule has 32 heavy (non-hydrogen) atoms. The lowest BCUT2D eigenvalue weighted by Gasteiger charge is -2.30. The number of nitrogens with one attached hydrogen (secondary N) is 1. The van der Waals surface area contributed by atoms with Gasteiger partial charge in [-0.05, 0) is 44.3 Å². The number of ether oxygens (including phenoxy) is 2. The minimum absolute atomic E-state index is 0.203. The number of nitrogens with zero attached hydrogens (tertiary/aromatic N) is 1. The summed E-state index contributed by atoms with van der Waals surface area (Å²) >= 11 is 0. The van der Waals surface area contributed by atoms with Gasteiger partial charge in [-0.25, -0.2) is 0 Å². The van der Waals surface area contributed by atoms with Crippen LogP contribution in [0.25, 0.3) is 0 Å². The molecule has 2 heterocycles. The van der Waals surface area contributed by atoms with E-state index in [1.165, 1.54) is 12.5 Å². The first kappa shape index (κ1) is 22.0. The van der Waals surface area contributed by atoms with Gasteiger partial charge in [0.25, 0.3) is 5.91 Å². The van der Waals surface area contributed by atoms with Crippen molar-refractivity contribution < 1.29 is 24.2 Å². The molecule has 2 atom stereocenters. The van der Waals surface area contributed by atoms with Crippen molar-refractivity contribution in [2.24, 2.45) is 0 Å². The zero-order valence-corrected chi connectivity index (χ0v) is 17.9. The standard InChI is InChI=1S/C25H28N2O5/c28-23(19-11-5-2-6-12-19)25(30)26-20(15-27-13-7-8-14-27)24(29)22-17-31-16-21(32-22)18-9-3-1-4-10-18/h1-3,5-6,9,11-12,16-17,20,24,29H,4,7-8,10,13-15H2,(H,26,30)/t20-,24-/m1/s1. The van der Waals surface area contributed by atoms with Gasteiger partial charge < -0.3 is 24.8 Å². The summed E-state index contributed by atoms with van der Waals surface area (Å²) in [7, 11) is 0. The zero-order chi connectivity index (χ0) is 22.3. The van der Waals surface area contributed by atoms with Gasteiger partial charge in [0.2, 0.25) is 5.78 Å². The fourth-order valence-corrected chi connectivity index (χ4v) is 4.04. The van der Waals surface area contributed by atoms with Crippen LogP contribution in [0.5, 0.6) is 0 Å². The van der Waals surface area contributed by atoms with Crippen LogP contribution in [0.4, 0.5) is 0 Å². The number of rotatable bonds is 8. The van der Waals surface area contributed by atoms with Crippen LogP contribution in [-0.4, -0.2) is 53.5 Å². The lowest BCUT2D eigenvalue weighted by atomic mass is 10.0. The molecule has 7 heteroatoms. The number of benzene rings is 1. The molecule has 1 aliphatic carbocycles. The highest BCUT2D eigenvalue weighted by Gasteiger charge is 2.33. The summed E-state index contributed by atoms with van der Waals surface area (Å²) in [6.07, 6.45) is 11.5. The van der Waals surface area contributed by atoms with Crippen molar-refractivity contribution in [3.05, 3.63) is 83.7 Å². The van der Waals surface area contributed by atoms with E-state index in [-0.39, 0.29) is 5.76 Å². The number of ketones is 1. The predicted octanol–water partition coefficient (Wildman–Crippen LogP) is 2.82. The number of allylic oxidation sites excluding steroid dienone is 4. The average Bonchev–Trinajstić information content (AvgIpc) is 3.37. The third-order valence-electron chi connectivity index (χ3n) is 5.80. The number of carbonyl (C=O) groups is 2. The highest BCUT2D eigenvalue weighted by atomic mass is 16.6. The van der Waals surface area contributed by atoms with Gasteiger partial charge in [-0.1, -0.05) is 48.6 Å². The average molecular weight is 437 g/mol. The van der Waals surface area contributed by atoms with Crippen molar-refractivity contribution in [2.45, 2.75) is 37.8 Å². The Morgan fingerprint density at radius 3 is 2.62 bits per heavy atom. The number of Topliss-reactive ketones (excluding diaryl/α,β-unsaturated/α-hetero) is 1. The molecular weight excluding hydrogens is 408 g/mol. The minimum atomic E-state index is -1.17. The van der Waals surface area contributed by atoms with E-state index in [1.807, 2.05) is 12.2 Å². The maximum Gasteiger partial charge on any atom is 0.292 e. The van der Waals surface area contributed by atoms with Crippen molar-refractivity contribution in [3.8, 4) is 0 Å². The molecule has 1 saturated heterocycles. The highest BCUT2D eigenvalue weighted by Crippen LogP contribution is 2.28. The Hall–Kier alpha value is -3.16. The monoisotopic (exact) mass is 436 g/mol. The second-order valence-electron chi connectivity index (χ2n) is 8.13. The molecule has 4 rings (SSSR count). The van der Waals surface area contributed by atoms with Crippen LogP contribution in [0, 0.1) is 0 Å². The highest BCUT2D eigenvalue weighted by molar-refractivity contribution is 6.42. The van der Waals surface area contributed by atoms with Gasteiger partial charge >= 0.3 is 0 Å². The summed E-state index contributed by atoms with van der Waals surface area (Å²) in [5.41, 5.74) is 1.28. The van der Waals surface area contributed by atoms with Crippen molar-refractivity contribution in [1.82, 2.24) is 10.2 Å². The van der Waals surface area contributed by atoms with E-state index in [0.29, 0.717) is 17.9 Å². The van der Waals surface area contributed by atoms with Gasteiger partial charge in [0.15, 0.2) is 11.5 Å². The normalized spacial score (nSPS) is 20.2. The second-order valence-corrected chi connectivity index (χ2v) is 8.13. The third kappa shape index (κ3) is 5.36. The molecule has 0 bridgehead atoms. The van der Waals surface area contributed by atoms with E-state index < -0.39 is 23.8 Å². The predicted molar refractivity (Wildman–Crippen MR) is 119 cm³/mol. The largest absolute Gasteiger partial charge is 0.465 e. The Morgan fingerprint density at radius 2 is 1.91 bits per heavy atom. The van der Waals surface area contributed by atoms with Crippen LogP contribution in [0.1, 0.15) is 36.0 Å². The van der Waals surface area contributed by atoms with Gasteiger partial charge in [0, 0.05) is 12.1 Å². The molecule has 1 aromatic rings. The Balaban J connectivity index is 1.47. The molecule has 0 aromatic heterocycles. The fourth-order valence-electron chi connectivity index (χ4n) is 4.04. The van der Waals surface area contributed by atoms with Crippen molar-refractivity contribution >= 4 is 11.7 Å². The molecule has 1 aromatic carbocycles. The van der Waals surface area contributed by atoms with Gasteiger partial charge in [-0.15, -0.1) is 0 Å². The Kier molecular flexibility index (Phi) is 7.19. The molecular formula is C25H28N2O5. The van der Waals surface area contributed by atoms with Gasteiger partial charge in [0.05, 0.1) is 6.04 Å². The van der Waals surface area contributed by atoms with Crippen molar-refractivity contribution in [1.29, 1.82) is 0 Å². The van der Waals surface area contributed by atoms with E-state index in [0.717, 1.165) is 44.3 Å². The number of amides is 1. The first-order valence-electron chi connectivity index (χ1n) is 11.0. The first-order valence-corrected chi connectivity index (χ1v) is 11.0. The first-order chi connectivity index (χ1) is 15.6. The fraction of sp³-hybridized carbons (Fsp3) is 0.360. The molecule has 0 radical (unpaired) electrons. The Bertz CT molecular complexity index is 958. The minimum Gasteiger partial charge on any atom is -0.465 e. The summed E-state index contributed by atoms with van der Waals surface area (Å²) in [6.45, 7) is 2.17. The number of hydrogen-bond donors (Lipinski definition) is 2. The molecule has 0 spiro atoms. The molecule has 3 aliphatic rings. The van der Waals surface area contributed by atoms with E-state index in [1.54, 1.807) is 30.3 Å². The van der Waals surface area contributed by atoms with Crippen LogP contribution in [0.2, 0.25) is 0 Å². The van der Waals surface area contributed by atoms with Gasteiger partial charge in [0.1, 0.15) is 18.6 Å². The van der Waals surface area contributed by atoms with E-state index in [9.17, 15) is 14.7 Å². The Morgan fingerprint density at radius 1 is 1.12 bits per heavy atom. The SMILES string of the molecule is O=C(N[C@H](CN1CCCC1)[C@@H](O)C1=COC=C(C2=CC=CCC2)O1)C(=O)c1ccccc1. The number of aliphatic hydroxyl groups is 1. The van der Waals surface area contributed by atoms with Crippen molar-refractivity contribution in [3.63, 3.8) is 0 Å². The van der Waals surface area contributed by atoms with Crippen molar-refractivity contribution in [2.75, 3.05) is 19.6 Å². The van der Waals surface area contributed by atoms with E-state index in [4.69, 9.17) is 9.47 Å². The van der Waals surface area contributed by atoms with Crippen LogP contribution >= 0.6 is 0 Å². The van der Waals surface area contributed by atoms with Crippen LogP contribution in [0.3, 0.4) is 0 Å². The number of hydrogen-bond acceptors (Lipinski definition) is 6. The summed E-state index contributed by atoms with van der Waals surface area (Å²) in [6, 6.07) is 7.65. The van der Waals surface area contributed by atoms with E-state index in [2.05, 4.69) is 16.3 Å². The van der Waals surface area contributed by atoms with Crippen LogP contribution in [-0.2, 0) is 14.3 Å². The van der Waals surface area contributed by atoms with Crippen LogP contribution in [0.15, 0.2) is 78.2 Å². The second kappa shape index (κ2) is 10.4. The maximum absolute atomic E-state index is 12.7. The molecule has 0 unspecified atom stereocenters. The molecule has 1 amide bonds. The lowest BCUT2D eigenvalue weighted by molar-refractivity contribution is -0.118. The van der Waals surface area contributed by atoms with E-state index >= 15 is 0 Å². The summed E-state index contributed by atoms with van der Waals surface area (Å²) in [5.74, 6) is -0.654. The van der Waals surface area contributed by atoms with Gasteiger partial charge in [-0.3, -0.25) is 9.59 Å². The number of likely N-dealkylation sites (tertiary alicyclic amines) is 1. The quantitative estimate of drug-likeness (QED) is 0.481. The third-order valence-corrected chi connectivity index (χ3v) is 5.80. The topological polar surface area (TPSA) is 88.1 Å². The summed E-state index contributed by atoms with van der Waals surface area (Å²) in [4.78, 5) is 27.5. The molecule has 1 fully saturated rings. The molecule has 2 N–H and O–H groups in total. The smallest absolute Gasteiger partial charge is 0.292 e. The lowest BCUT2D eigenvalue weighted by Crippen LogP contribution is -2.52. The maximum atomic E-state index is 12.7.